The van der Waals surface area contributed by atoms with Crippen molar-refractivity contribution in [3.63, 3.8) is 0 Å². The highest BCUT2D eigenvalue weighted by Crippen LogP contribution is 2.38. The summed E-state index contributed by atoms with van der Waals surface area (Å²) in [4.78, 5) is 11.9. The van der Waals surface area contributed by atoms with Crippen molar-refractivity contribution in [2.45, 2.75) is 57.7 Å². The summed E-state index contributed by atoms with van der Waals surface area (Å²) in [5, 5.41) is 25.5. The normalized spacial score (nSPS) is 21.4. The third-order valence-electron chi connectivity index (χ3n) is 9.13. The molecule has 0 amide bonds. The fourth-order valence-electron chi connectivity index (χ4n) is 6.20. The minimum Gasteiger partial charge on any atom is -0.390 e. The van der Waals surface area contributed by atoms with Gasteiger partial charge < -0.3 is 19.8 Å². The molecule has 8 nitrogen and oxygen atoms in total. The molecule has 0 spiro atoms. The molecule has 1 atom stereocenters. The van der Waals surface area contributed by atoms with Gasteiger partial charge in [0.25, 0.3) is 0 Å². The molecule has 3 aliphatic heterocycles. The number of fused-ring (bicyclic) bond motifs is 1. The van der Waals surface area contributed by atoms with Crippen LogP contribution in [0.25, 0.3) is 16.6 Å². The minimum atomic E-state index is -0.707. The molecule has 208 valence electrons. The molecule has 0 aromatic carbocycles. The Morgan fingerprint density at radius 1 is 1.15 bits per heavy atom. The molecule has 3 aliphatic rings. The largest absolute Gasteiger partial charge is 0.390 e. The molecule has 0 bridgehead atoms. The number of pyridine rings is 2. The first-order chi connectivity index (χ1) is 19.1. The number of piperidine rings is 1. The molecule has 0 aliphatic carbocycles. The molecule has 2 fully saturated rings. The van der Waals surface area contributed by atoms with E-state index in [1.54, 1.807) is 10.7 Å². The standard InChI is InChI=1S/C31H36ClN7O/c1-21-27(32)6-5-11-38(21)31(4)9-12-36(13-10-31)28-8-7-22(16-34-28)26-14-25(37-18-24(19-37)30(2,3)40)20-39-29(26)23(15-33)17-35-39/h5-8,11,14,16-17,20-21,24,40H,9-10,12-13,18-19H2,1-4H3. The average molecular weight is 558 g/mol. The second-order valence-corrected chi connectivity index (χ2v) is 12.6. The Morgan fingerprint density at radius 3 is 2.55 bits per heavy atom. The Morgan fingerprint density at radius 2 is 1.90 bits per heavy atom. The van der Waals surface area contributed by atoms with Gasteiger partial charge in [-0.25, -0.2) is 9.50 Å². The predicted octanol–water partition coefficient (Wildman–Crippen LogP) is 5.17. The SMILES string of the molecule is CC1C(Cl)=CC=CN1C1(C)CCN(c2ccc(-c3cc(N4CC(C(C)(C)O)C4)cn4ncc(C#N)c34)cn2)CC1. The fourth-order valence-corrected chi connectivity index (χ4v) is 6.38. The first kappa shape index (κ1) is 26.7. The van der Waals surface area contributed by atoms with E-state index in [0.717, 1.165) is 72.2 Å². The van der Waals surface area contributed by atoms with E-state index in [-0.39, 0.29) is 17.5 Å². The maximum absolute atomic E-state index is 10.4. The van der Waals surface area contributed by atoms with E-state index in [1.807, 2.05) is 38.4 Å². The number of nitrogens with zero attached hydrogens (tertiary/aromatic N) is 7. The Labute approximate surface area is 240 Å². The summed E-state index contributed by atoms with van der Waals surface area (Å²) < 4.78 is 1.79. The molecule has 2 saturated heterocycles. The van der Waals surface area contributed by atoms with Crippen LogP contribution in [0, 0.1) is 17.2 Å². The first-order valence-corrected chi connectivity index (χ1v) is 14.4. The second-order valence-electron chi connectivity index (χ2n) is 12.2. The zero-order valence-corrected chi connectivity index (χ0v) is 24.3. The topological polar surface area (TPSA) is 83.9 Å². The Balaban J connectivity index is 1.22. The molecule has 1 N–H and O–H groups in total. The van der Waals surface area contributed by atoms with Crippen molar-refractivity contribution in [3.05, 3.63) is 65.7 Å². The summed E-state index contributed by atoms with van der Waals surface area (Å²) in [6.45, 7) is 11.6. The van der Waals surface area contributed by atoms with Gasteiger partial charge in [0, 0.05) is 66.2 Å². The van der Waals surface area contributed by atoms with Crippen molar-refractivity contribution in [3.8, 4) is 17.2 Å². The number of nitriles is 1. The predicted molar refractivity (Wildman–Crippen MR) is 159 cm³/mol. The maximum atomic E-state index is 10.4. The lowest BCUT2D eigenvalue weighted by atomic mass is 9.84. The van der Waals surface area contributed by atoms with Gasteiger partial charge in [-0.1, -0.05) is 11.6 Å². The monoisotopic (exact) mass is 557 g/mol. The zero-order valence-electron chi connectivity index (χ0n) is 23.5. The minimum absolute atomic E-state index is 0.0452. The van der Waals surface area contributed by atoms with Crippen molar-refractivity contribution in [2.75, 3.05) is 36.0 Å². The summed E-state index contributed by atoms with van der Waals surface area (Å²) in [7, 11) is 0. The summed E-state index contributed by atoms with van der Waals surface area (Å²) in [6, 6.07) is 8.78. The van der Waals surface area contributed by atoms with E-state index < -0.39 is 5.60 Å². The summed E-state index contributed by atoms with van der Waals surface area (Å²) >= 11 is 6.46. The number of rotatable bonds is 5. The van der Waals surface area contributed by atoms with Crippen molar-refractivity contribution in [2.24, 2.45) is 5.92 Å². The van der Waals surface area contributed by atoms with Gasteiger partial charge in [-0.3, -0.25) is 0 Å². The Hall–Kier alpha value is -3.54. The van der Waals surface area contributed by atoms with Crippen LogP contribution in [-0.4, -0.2) is 68.0 Å². The van der Waals surface area contributed by atoms with Gasteiger partial charge >= 0.3 is 0 Å². The molecule has 9 heteroatoms. The number of hydrogen-bond acceptors (Lipinski definition) is 7. The number of anilines is 2. The van der Waals surface area contributed by atoms with E-state index in [0.29, 0.717) is 5.56 Å². The third-order valence-corrected chi connectivity index (χ3v) is 9.57. The third kappa shape index (κ3) is 4.61. The lowest BCUT2D eigenvalue weighted by Gasteiger charge is -2.50. The van der Waals surface area contributed by atoms with Crippen molar-refractivity contribution in [1.29, 1.82) is 5.26 Å². The number of aliphatic hydroxyl groups is 1. The number of hydrogen-bond donors (Lipinski definition) is 1. The van der Waals surface area contributed by atoms with Crippen LogP contribution in [0.5, 0.6) is 0 Å². The summed E-state index contributed by atoms with van der Waals surface area (Å²) in [5.74, 6) is 1.18. The molecule has 3 aromatic rings. The summed E-state index contributed by atoms with van der Waals surface area (Å²) in [5.41, 5.74) is 3.55. The van der Waals surface area contributed by atoms with Gasteiger partial charge in [0.15, 0.2) is 0 Å². The van der Waals surface area contributed by atoms with Gasteiger partial charge in [-0.2, -0.15) is 10.4 Å². The number of allylic oxidation sites excluding steroid dienone is 2. The quantitative estimate of drug-likeness (QED) is 0.463. The maximum Gasteiger partial charge on any atom is 0.128 e. The molecule has 3 aromatic heterocycles. The Bertz CT molecular complexity index is 1510. The highest BCUT2D eigenvalue weighted by Gasteiger charge is 2.39. The second kappa shape index (κ2) is 9.83. The highest BCUT2D eigenvalue weighted by atomic mass is 35.5. The van der Waals surface area contributed by atoms with E-state index in [1.165, 1.54) is 0 Å². The van der Waals surface area contributed by atoms with Crippen LogP contribution in [-0.2, 0) is 0 Å². The molecule has 1 unspecified atom stereocenters. The van der Waals surface area contributed by atoms with Crippen molar-refractivity contribution < 1.29 is 5.11 Å². The van der Waals surface area contributed by atoms with Crippen LogP contribution in [0.15, 0.2) is 60.2 Å². The lowest BCUT2D eigenvalue weighted by molar-refractivity contribution is 0.00457. The van der Waals surface area contributed by atoms with Crippen LogP contribution in [0.3, 0.4) is 0 Å². The van der Waals surface area contributed by atoms with Gasteiger partial charge in [0.1, 0.15) is 11.9 Å². The molecule has 0 saturated carbocycles. The lowest BCUT2D eigenvalue weighted by Crippen LogP contribution is -2.55. The average Bonchev–Trinajstić information content (AvgIpc) is 3.32. The highest BCUT2D eigenvalue weighted by molar-refractivity contribution is 6.30. The smallest absolute Gasteiger partial charge is 0.128 e. The van der Waals surface area contributed by atoms with Crippen LogP contribution >= 0.6 is 11.6 Å². The van der Waals surface area contributed by atoms with E-state index in [2.05, 4.69) is 64.1 Å². The number of halogens is 1. The van der Waals surface area contributed by atoms with Gasteiger partial charge in [-0.05, 0) is 70.9 Å². The van der Waals surface area contributed by atoms with Crippen LogP contribution in [0.2, 0.25) is 0 Å². The molecule has 40 heavy (non-hydrogen) atoms. The number of aromatic nitrogens is 3. The van der Waals surface area contributed by atoms with Crippen LogP contribution < -0.4 is 9.80 Å². The molecular weight excluding hydrogens is 522 g/mol. The molecule has 0 radical (unpaired) electrons. The van der Waals surface area contributed by atoms with E-state index >= 15 is 0 Å². The fraction of sp³-hybridized carbons (Fsp3) is 0.452. The zero-order chi connectivity index (χ0) is 28.2. The van der Waals surface area contributed by atoms with Crippen molar-refractivity contribution in [1.82, 2.24) is 19.5 Å². The van der Waals surface area contributed by atoms with E-state index in [4.69, 9.17) is 16.6 Å². The molecular formula is C31H36ClN7O. The Kier molecular flexibility index (Phi) is 6.55. The van der Waals surface area contributed by atoms with Gasteiger partial charge in [-0.15, -0.1) is 0 Å². The van der Waals surface area contributed by atoms with Crippen LogP contribution in [0.4, 0.5) is 11.5 Å². The summed E-state index contributed by atoms with van der Waals surface area (Å²) in [6.07, 6.45) is 13.7. The van der Waals surface area contributed by atoms with Gasteiger partial charge in [0.05, 0.1) is 40.8 Å². The first-order valence-electron chi connectivity index (χ1n) is 14.0. The van der Waals surface area contributed by atoms with Crippen LogP contribution in [0.1, 0.15) is 46.1 Å². The van der Waals surface area contributed by atoms with E-state index in [9.17, 15) is 10.4 Å². The molecule has 6 rings (SSSR count). The molecule has 6 heterocycles. The van der Waals surface area contributed by atoms with Gasteiger partial charge in [0.2, 0.25) is 0 Å². The van der Waals surface area contributed by atoms with Crippen molar-refractivity contribution >= 4 is 28.6 Å².